The lowest BCUT2D eigenvalue weighted by Gasteiger charge is -2.34. The first-order valence-corrected chi connectivity index (χ1v) is 8.86. The monoisotopic (exact) mass is 329 g/mol. The van der Waals surface area contributed by atoms with Crippen LogP contribution in [-0.4, -0.2) is 58.8 Å². The third-order valence-corrected chi connectivity index (χ3v) is 4.67. The van der Waals surface area contributed by atoms with Gasteiger partial charge in [-0.25, -0.2) is 9.97 Å². The largest absolute Gasteiger partial charge is 0.395 e. The van der Waals surface area contributed by atoms with E-state index in [1.807, 2.05) is 24.3 Å². The van der Waals surface area contributed by atoms with E-state index >= 15 is 0 Å². The number of fused-ring (bicyclic) bond motifs is 1. The van der Waals surface area contributed by atoms with Crippen molar-refractivity contribution in [2.75, 3.05) is 38.1 Å². The Morgan fingerprint density at radius 3 is 2.96 bits per heavy atom. The summed E-state index contributed by atoms with van der Waals surface area (Å²) in [6, 6.07) is 8.35. The number of rotatable bonds is 7. The Balaban J connectivity index is 1.69. The maximum Gasteiger partial charge on any atom is 0.137 e. The molecule has 3 rings (SSSR count). The molecule has 4 N–H and O–H groups in total. The predicted octanol–water partition coefficient (Wildman–Crippen LogP) is 1.39. The van der Waals surface area contributed by atoms with Crippen LogP contribution in [0.4, 0.5) is 5.82 Å². The molecule has 0 radical (unpaired) electrons. The smallest absolute Gasteiger partial charge is 0.137 e. The number of hydrogen-bond donors (Lipinski definition) is 3. The Morgan fingerprint density at radius 2 is 2.12 bits per heavy atom. The van der Waals surface area contributed by atoms with Gasteiger partial charge >= 0.3 is 0 Å². The summed E-state index contributed by atoms with van der Waals surface area (Å²) in [5, 5.41) is 14.0. The van der Waals surface area contributed by atoms with Crippen molar-refractivity contribution >= 4 is 16.7 Å². The molecular weight excluding hydrogens is 302 g/mol. The third kappa shape index (κ3) is 4.01. The van der Waals surface area contributed by atoms with E-state index in [4.69, 9.17) is 5.73 Å². The minimum Gasteiger partial charge on any atom is -0.395 e. The number of aliphatic hydroxyl groups excluding tert-OH is 1. The van der Waals surface area contributed by atoms with Gasteiger partial charge in [-0.05, 0) is 38.1 Å². The zero-order chi connectivity index (χ0) is 16.8. The average Bonchev–Trinajstić information content (AvgIpc) is 2.62. The summed E-state index contributed by atoms with van der Waals surface area (Å²) in [6.07, 6.45) is 4.20. The fourth-order valence-corrected chi connectivity index (χ4v) is 3.38. The Kier molecular flexibility index (Phi) is 5.96. The molecule has 2 aromatic rings. The molecule has 0 saturated carbocycles. The number of piperidine rings is 1. The van der Waals surface area contributed by atoms with Crippen molar-refractivity contribution in [3.05, 3.63) is 30.1 Å². The van der Waals surface area contributed by atoms with Crippen molar-refractivity contribution < 1.29 is 5.11 Å². The maximum absolute atomic E-state index is 9.52. The minimum atomic E-state index is 0.247. The van der Waals surface area contributed by atoms with Crippen LogP contribution in [0.5, 0.6) is 0 Å². The molecule has 1 saturated heterocycles. The maximum atomic E-state index is 9.52. The predicted molar refractivity (Wildman–Crippen MR) is 97.1 cm³/mol. The highest BCUT2D eigenvalue weighted by Gasteiger charge is 2.20. The average molecular weight is 329 g/mol. The van der Waals surface area contributed by atoms with Crippen LogP contribution >= 0.6 is 0 Å². The van der Waals surface area contributed by atoms with Gasteiger partial charge in [0.1, 0.15) is 11.6 Å². The van der Waals surface area contributed by atoms with Crippen molar-refractivity contribution in [2.24, 2.45) is 5.73 Å². The van der Waals surface area contributed by atoms with E-state index < -0.39 is 0 Å². The van der Waals surface area contributed by atoms with Gasteiger partial charge < -0.3 is 16.2 Å². The van der Waals surface area contributed by atoms with Crippen LogP contribution in [0.15, 0.2) is 24.3 Å². The molecule has 0 spiro atoms. The van der Waals surface area contributed by atoms with Gasteiger partial charge in [0.15, 0.2) is 0 Å². The second-order valence-electron chi connectivity index (χ2n) is 6.34. The van der Waals surface area contributed by atoms with E-state index in [9.17, 15) is 5.11 Å². The Labute approximate surface area is 143 Å². The van der Waals surface area contributed by atoms with Gasteiger partial charge in [0.2, 0.25) is 0 Å². The second-order valence-corrected chi connectivity index (χ2v) is 6.34. The number of aliphatic hydroxyl groups is 1. The molecule has 0 unspecified atom stereocenters. The van der Waals surface area contributed by atoms with Crippen LogP contribution in [0, 0.1) is 0 Å². The summed E-state index contributed by atoms with van der Waals surface area (Å²) in [5.74, 6) is 1.66. The van der Waals surface area contributed by atoms with Crippen LogP contribution in [0.3, 0.4) is 0 Å². The molecular formula is C18H27N5O. The summed E-state index contributed by atoms with van der Waals surface area (Å²) < 4.78 is 0. The molecule has 6 nitrogen and oxygen atoms in total. The van der Waals surface area contributed by atoms with E-state index in [1.165, 1.54) is 12.8 Å². The molecule has 1 aromatic heterocycles. The van der Waals surface area contributed by atoms with Crippen molar-refractivity contribution in [3.8, 4) is 0 Å². The summed E-state index contributed by atoms with van der Waals surface area (Å²) in [5.41, 5.74) is 6.60. The molecule has 0 aliphatic carbocycles. The van der Waals surface area contributed by atoms with Crippen molar-refractivity contribution in [1.82, 2.24) is 14.9 Å². The molecule has 2 heterocycles. The quantitative estimate of drug-likeness (QED) is 0.711. The standard InChI is InChI=1S/C18H27N5O/c19-9-8-17-21-16-7-2-1-6-15(16)18(22-17)20-10-12-23-11-4-3-5-14(23)13-24/h1-2,6-7,14,24H,3-5,8-13,19H2,(H,20,21,22)/t14-/m1/s1. The summed E-state index contributed by atoms with van der Waals surface area (Å²) >= 11 is 0. The number of hydrogen-bond acceptors (Lipinski definition) is 6. The van der Waals surface area contributed by atoms with Gasteiger partial charge in [-0.15, -0.1) is 0 Å². The highest BCUT2D eigenvalue weighted by atomic mass is 16.3. The van der Waals surface area contributed by atoms with E-state index in [0.29, 0.717) is 19.0 Å². The van der Waals surface area contributed by atoms with Crippen LogP contribution < -0.4 is 11.1 Å². The molecule has 0 bridgehead atoms. The van der Waals surface area contributed by atoms with Crippen molar-refractivity contribution in [1.29, 1.82) is 0 Å². The van der Waals surface area contributed by atoms with Crippen molar-refractivity contribution in [2.45, 2.75) is 31.7 Å². The van der Waals surface area contributed by atoms with Gasteiger partial charge in [0.25, 0.3) is 0 Å². The Morgan fingerprint density at radius 1 is 1.25 bits per heavy atom. The number of aromatic nitrogens is 2. The number of nitrogens with two attached hydrogens (primary N) is 1. The van der Waals surface area contributed by atoms with Crippen LogP contribution in [0.1, 0.15) is 25.1 Å². The van der Waals surface area contributed by atoms with Crippen LogP contribution in [0.2, 0.25) is 0 Å². The summed E-state index contributed by atoms with van der Waals surface area (Å²) in [4.78, 5) is 11.6. The van der Waals surface area contributed by atoms with Gasteiger partial charge in [-0.1, -0.05) is 18.6 Å². The molecule has 1 aromatic carbocycles. The molecule has 1 fully saturated rings. The zero-order valence-corrected chi connectivity index (χ0v) is 14.1. The molecule has 24 heavy (non-hydrogen) atoms. The van der Waals surface area contributed by atoms with Crippen LogP contribution in [0.25, 0.3) is 10.9 Å². The first-order valence-electron chi connectivity index (χ1n) is 8.86. The van der Waals surface area contributed by atoms with Gasteiger partial charge in [-0.2, -0.15) is 0 Å². The van der Waals surface area contributed by atoms with Gasteiger partial charge in [-0.3, -0.25) is 4.90 Å². The lowest BCUT2D eigenvalue weighted by molar-refractivity contribution is 0.0940. The van der Waals surface area contributed by atoms with E-state index in [0.717, 1.165) is 48.6 Å². The van der Waals surface area contributed by atoms with E-state index in [1.54, 1.807) is 0 Å². The summed E-state index contributed by atoms with van der Waals surface area (Å²) in [6.45, 7) is 3.58. The first kappa shape index (κ1) is 17.1. The fourth-order valence-electron chi connectivity index (χ4n) is 3.38. The second kappa shape index (κ2) is 8.37. The topological polar surface area (TPSA) is 87.3 Å². The zero-order valence-electron chi connectivity index (χ0n) is 14.1. The number of likely N-dealkylation sites (tertiary alicyclic amines) is 1. The number of para-hydroxylation sites is 1. The first-order chi connectivity index (χ1) is 11.8. The van der Waals surface area contributed by atoms with Gasteiger partial charge in [0, 0.05) is 30.9 Å². The molecule has 1 atom stereocenters. The normalized spacial score (nSPS) is 18.8. The SMILES string of the molecule is NCCc1nc(NCCN2CCCC[C@@H]2CO)c2ccccc2n1. The molecule has 130 valence electrons. The highest BCUT2D eigenvalue weighted by Crippen LogP contribution is 2.21. The Hall–Kier alpha value is -1.76. The lowest BCUT2D eigenvalue weighted by Crippen LogP contribution is -2.44. The van der Waals surface area contributed by atoms with Gasteiger partial charge in [0.05, 0.1) is 12.1 Å². The molecule has 1 aliphatic heterocycles. The number of anilines is 1. The Bertz CT molecular complexity index is 663. The molecule has 6 heteroatoms. The van der Waals surface area contributed by atoms with Crippen molar-refractivity contribution in [3.63, 3.8) is 0 Å². The van der Waals surface area contributed by atoms with Crippen LogP contribution in [-0.2, 0) is 6.42 Å². The fraction of sp³-hybridized carbons (Fsp3) is 0.556. The number of nitrogens with zero attached hydrogens (tertiary/aromatic N) is 3. The molecule has 0 amide bonds. The highest BCUT2D eigenvalue weighted by molar-refractivity contribution is 5.88. The molecule has 1 aliphatic rings. The van der Waals surface area contributed by atoms with E-state index in [-0.39, 0.29) is 6.61 Å². The summed E-state index contributed by atoms with van der Waals surface area (Å²) in [7, 11) is 0. The number of benzene rings is 1. The lowest BCUT2D eigenvalue weighted by atomic mass is 10.0. The minimum absolute atomic E-state index is 0.247. The van der Waals surface area contributed by atoms with E-state index in [2.05, 4.69) is 20.2 Å². The number of nitrogens with one attached hydrogen (secondary N) is 1. The third-order valence-electron chi connectivity index (χ3n) is 4.67.